The van der Waals surface area contributed by atoms with Crippen LogP contribution in [0.3, 0.4) is 0 Å². The van der Waals surface area contributed by atoms with E-state index in [9.17, 15) is 4.79 Å². The van der Waals surface area contributed by atoms with Crippen LogP contribution in [0, 0.1) is 6.92 Å². The van der Waals surface area contributed by atoms with E-state index in [0.717, 1.165) is 40.1 Å². The third kappa shape index (κ3) is 4.46. The summed E-state index contributed by atoms with van der Waals surface area (Å²) in [4.78, 5) is 13.4. The molecule has 0 aliphatic rings. The van der Waals surface area contributed by atoms with E-state index in [2.05, 4.69) is 33.9 Å². The molecule has 29 heavy (non-hydrogen) atoms. The van der Waals surface area contributed by atoms with Crippen LogP contribution in [0.15, 0.2) is 45.6 Å². The standard InChI is InChI=1S/C24H29NO4/c1-15(2)19-12-20-18(11-23(26)29-22(20)10-16(19)3)14-25(4)13-17-8-7-9-21(27-5)24(17)28-6/h7-12,15H,13-14H2,1-6H3/p+1. The lowest BCUT2D eigenvalue weighted by molar-refractivity contribution is -0.907. The fourth-order valence-corrected chi connectivity index (χ4v) is 3.97. The van der Waals surface area contributed by atoms with Crippen molar-refractivity contribution in [3.8, 4) is 11.5 Å². The molecule has 3 aromatic rings. The van der Waals surface area contributed by atoms with Crippen molar-refractivity contribution in [2.75, 3.05) is 21.3 Å². The summed E-state index contributed by atoms with van der Waals surface area (Å²) < 4.78 is 16.5. The average Bonchev–Trinajstić information content (AvgIpc) is 2.66. The summed E-state index contributed by atoms with van der Waals surface area (Å²) in [5.41, 5.74) is 4.83. The first-order valence-corrected chi connectivity index (χ1v) is 9.92. The van der Waals surface area contributed by atoms with Crippen molar-refractivity contribution >= 4 is 11.0 Å². The molecule has 0 bridgehead atoms. The van der Waals surface area contributed by atoms with Gasteiger partial charge >= 0.3 is 5.63 Å². The molecule has 0 radical (unpaired) electrons. The van der Waals surface area contributed by atoms with Crippen molar-refractivity contribution in [2.24, 2.45) is 0 Å². The monoisotopic (exact) mass is 396 g/mol. The van der Waals surface area contributed by atoms with Crippen molar-refractivity contribution in [3.05, 3.63) is 69.1 Å². The summed E-state index contributed by atoms with van der Waals surface area (Å²) in [7, 11) is 5.40. The van der Waals surface area contributed by atoms with E-state index >= 15 is 0 Å². The number of hydrogen-bond acceptors (Lipinski definition) is 4. The van der Waals surface area contributed by atoms with Crippen LogP contribution in [0.2, 0.25) is 0 Å². The van der Waals surface area contributed by atoms with Gasteiger partial charge in [0.25, 0.3) is 0 Å². The van der Waals surface area contributed by atoms with Gasteiger partial charge in [-0.3, -0.25) is 0 Å². The molecule has 1 unspecified atom stereocenters. The molecule has 0 fully saturated rings. The number of aryl methyl sites for hydroxylation is 1. The van der Waals surface area contributed by atoms with Crippen molar-refractivity contribution in [1.29, 1.82) is 0 Å². The Labute approximate surface area is 171 Å². The first-order valence-electron chi connectivity index (χ1n) is 9.92. The van der Waals surface area contributed by atoms with Crippen LogP contribution in [0.4, 0.5) is 0 Å². The molecule has 0 aliphatic heterocycles. The highest BCUT2D eigenvalue weighted by Gasteiger charge is 2.17. The smallest absolute Gasteiger partial charge is 0.336 e. The summed E-state index contributed by atoms with van der Waals surface area (Å²) in [5.74, 6) is 1.88. The Hall–Kier alpha value is -2.79. The maximum absolute atomic E-state index is 12.1. The van der Waals surface area contributed by atoms with E-state index in [0.29, 0.717) is 18.0 Å². The van der Waals surface area contributed by atoms with Crippen LogP contribution in [-0.4, -0.2) is 21.3 Å². The van der Waals surface area contributed by atoms with Gasteiger partial charge < -0.3 is 18.8 Å². The van der Waals surface area contributed by atoms with Crippen LogP contribution in [0.5, 0.6) is 11.5 Å². The van der Waals surface area contributed by atoms with Crippen LogP contribution in [-0.2, 0) is 13.1 Å². The number of ether oxygens (including phenoxy) is 2. The topological polar surface area (TPSA) is 53.1 Å². The van der Waals surface area contributed by atoms with E-state index < -0.39 is 0 Å². The van der Waals surface area contributed by atoms with Gasteiger partial charge in [0.2, 0.25) is 0 Å². The zero-order valence-electron chi connectivity index (χ0n) is 18.1. The molecule has 0 spiro atoms. The summed E-state index contributed by atoms with van der Waals surface area (Å²) in [6.07, 6.45) is 0. The van der Waals surface area contributed by atoms with Crippen molar-refractivity contribution in [1.82, 2.24) is 0 Å². The Balaban J connectivity index is 1.95. The van der Waals surface area contributed by atoms with E-state index in [1.54, 1.807) is 20.3 Å². The molecule has 0 aliphatic carbocycles. The molecule has 0 saturated carbocycles. The second-order valence-corrected chi connectivity index (χ2v) is 7.91. The second-order valence-electron chi connectivity index (χ2n) is 7.91. The van der Waals surface area contributed by atoms with Crippen molar-refractivity contribution < 1.29 is 18.8 Å². The molecule has 0 saturated heterocycles. The number of hydrogen-bond donors (Lipinski definition) is 1. The second kappa shape index (κ2) is 8.70. The van der Waals surface area contributed by atoms with Crippen LogP contribution < -0.4 is 20.0 Å². The Morgan fingerprint density at radius 1 is 1.03 bits per heavy atom. The number of rotatable bonds is 7. The summed E-state index contributed by atoms with van der Waals surface area (Å²) >= 11 is 0. The molecule has 1 aromatic heterocycles. The molecule has 1 heterocycles. The quantitative estimate of drug-likeness (QED) is 0.622. The maximum Gasteiger partial charge on any atom is 0.336 e. The Morgan fingerprint density at radius 3 is 2.41 bits per heavy atom. The molecule has 154 valence electrons. The number of nitrogens with one attached hydrogen (secondary N) is 1. The zero-order chi connectivity index (χ0) is 21.1. The number of para-hydroxylation sites is 1. The minimum atomic E-state index is -0.309. The Kier molecular flexibility index (Phi) is 6.28. The van der Waals surface area contributed by atoms with Gasteiger partial charge in [0.05, 0.1) is 26.8 Å². The van der Waals surface area contributed by atoms with Gasteiger partial charge in [-0.15, -0.1) is 0 Å². The third-order valence-corrected chi connectivity index (χ3v) is 5.31. The first kappa shape index (κ1) is 20.9. The van der Waals surface area contributed by atoms with Gasteiger partial charge in [-0.2, -0.15) is 0 Å². The molecule has 5 nitrogen and oxygen atoms in total. The molecule has 3 rings (SSSR count). The summed E-state index contributed by atoms with van der Waals surface area (Å²) in [6, 6.07) is 11.7. The Morgan fingerprint density at radius 2 is 1.76 bits per heavy atom. The van der Waals surface area contributed by atoms with Crippen LogP contribution >= 0.6 is 0 Å². The molecule has 1 N–H and O–H groups in total. The van der Waals surface area contributed by atoms with Crippen molar-refractivity contribution in [3.63, 3.8) is 0 Å². The highest BCUT2D eigenvalue weighted by atomic mass is 16.5. The average molecular weight is 397 g/mol. The third-order valence-electron chi connectivity index (χ3n) is 5.31. The fourth-order valence-electron chi connectivity index (χ4n) is 3.97. The highest BCUT2D eigenvalue weighted by molar-refractivity contribution is 5.82. The van der Waals surface area contributed by atoms with Gasteiger partial charge in [0.1, 0.15) is 18.7 Å². The first-order chi connectivity index (χ1) is 13.8. The number of quaternary nitrogens is 1. The Bertz CT molecular complexity index is 1070. The van der Waals surface area contributed by atoms with Crippen molar-refractivity contribution in [2.45, 2.75) is 39.8 Å². The van der Waals surface area contributed by atoms with Gasteiger partial charge in [0, 0.05) is 17.0 Å². The van der Waals surface area contributed by atoms with Gasteiger partial charge in [-0.1, -0.05) is 19.9 Å². The predicted octanol–water partition coefficient (Wildman–Crippen LogP) is 3.46. The normalized spacial score (nSPS) is 12.4. The van der Waals surface area contributed by atoms with E-state index in [1.165, 1.54) is 10.5 Å². The summed E-state index contributed by atoms with van der Waals surface area (Å²) in [5, 5.41) is 1.01. The van der Waals surface area contributed by atoms with Crippen LogP contribution in [0.1, 0.15) is 42.0 Å². The molecule has 0 amide bonds. The minimum absolute atomic E-state index is 0.309. The lowest BCUT2D eigenvalue weighted by Crippen LogP contribution is -3.06. The lowest BCUT2D eigenvalue weighted by atomic mass is 9.95. The fraction of sp³-hybridized carbons (Fsp3) is 0.375. The number of benzene rings is 2. The summed E-state index contributed by atoms with van der Waals surface area (Å²) in [6.45, 7) is 7.86. The molecule has 2 aromatic carbocycles. The van der Waals surface area contributed by atoms with Gasteiger partial charge in [-0.25, -0.2) is 4.79 Å². The molecular weight excluding hydrogens is 366 g/mol. The number of methoxy groups -OCH3 is 2. The van der Waals surface area contributed by atoms with E-state index in [1.807, 2.05) is 24.3 Å². The van der Waals surface area contributed by atoms with E-state index in [-0.39, 0.29) is 5.63 Å². The van der Waals surface area contributed by atoms with Gasteiger partial charge in [0.15, 0.2) is 11.5 Å². The number of fused-ring (bicyclic) bond motifs is 1. The molecule has 1 atom stereocenters. The van der Waals surface area contributed by atoms with Gasteiger partial charge in [-0.05, 0) is 48.2 Å². The van der Waals surface area contributed by atoms with Crippen LogP contribution in [0.25, 0.3) is 11.0 Å². The minimum Gasteiger partial charge on any atom is -0.493 e. The largest absolute Gasteiger partial charge is 0.493 e. The molecular formula is C24H30NO4+. The SMILES string of the molecule is COc1cccc(C[NH+](C)Cc2cc(=O)oc3cc(C)c(C(C)C)cc23)c1OC. The highest BCUT2D eigenvalue weighted by Crippen LogP contribution is 2.30. The zero-order valence-corrected chi connectivity index (χ0v) is 18.1. The lowest BCUT2D eigenvalue weighted by Gasteiger charge is -2.18. The van der Waals surface area contributed by atoms with E-state index in [4.69, 9.17) is 13.9 Å². The predicted molar refractivity (Wildman–Crippen MR) is 115 cm³/mol. The molecule has 5 heteroatoms. The maximum atomic E-state index is 12.1.